The molecule has 0 bridgehead atoms. The first kappa shape index (κ1) is 13.8. The molecular weight excluding hydrogens is 236 g/mol. The topological polar surface area (TPSA) is 66.0 Å². The molecule has 1 fully saturated rings. The number of hydrogen-bond donors (Lipinski definition) is 2. The molecule has 0 aromatic carbocycles. The maximum absolute atomic E-state index is 7.67. The number of aromatic nitrogens is 1. The largest absolute Gasteiger partial charge is 0.384 e. The molecule has 2 rings (SSSR count). The zero-order chi connectivity index (χ0) is 13.9. The predicted octanol–water partition coefficient (Wildman–Crippen LogP) is 2.77. The lowest BCUT2D eigenvalue weighted by Gasteiger charge is -2.42. The Morgan fingerprint density at radius 3 is 2.53 bits per heavy atom. The Balaban J connectivity index is 2.16. The van der Waals surface area contributed by atoms with Crippen LogP contribution in [0.1, 0.15) is 45.1 Å². The third-order valence-electron chi connectivity index (χ3n) is 4.76. The molecule has 0 spiro atoms. The molecule has 1 aliphatic rings. The van der Waals surface area contributed by atoms with Crippen molar-refractivity contribution in [2.24, 2.45) is 11.1 Å². The van der Waals surface area contributed by atoms with Crippen molar-refractivity contribution in [3.63, 3.8) is 0 Å². The van der Waals surface area contributed by atoms with Crippen molar-refractivity contribution in [2.45, 2.75) is 39.5 Å². The molecule has 0 saturated carbocycles. The molecule has 0 unspecified atom stereocenters. The predicted molar refractivity (Wildman–Crippen MR) is 79.7 cm³/mol. The summed E-state index contributed by atoms with van der Waals surface area (Å²) in [5, 5.41) is 7.67. The standard InChI is InChI=1S/C15H24N4/c1-3-15(4-2)6-9-19(10-7-15)13-11-18-8-5-12(13)14(16)17/h5,8,11H,3-4,6-7,9-10H2,1-2H3,(H3,16,17). The first-order valence-corrected chi connectivity index (χ1v) is 7.15. The Labute approximate surface area is 115 Å². The van der Waals surface area contributed by atoms with Crippen molar-refractivity contribution in [1.82, 2.24) is 4.98 Å². The zero-order valence-corrected chi connectivity index (χ0v) is 11.9. The number of hydrogen-bond acceptors (Lipinski definition) is 3. The smallest absolute Gasteiger partial charge is 0.125 e. The molecule has 1 aromatic heterocycles. The third kappa shape index (κ3) is 2.72. The fourth-order valence-corrected chi connectivity index (χ4v) is 3.04. The molecule has 3 N–H and O–H groups in total. The quantitative estimate of drug-likeness (QED) is 0.646. The molecule has 4 nitrogen and oxygen atoms in total. The molecule has 0 aliphatic carbocycles. The first-order valence-electron chi connectivity index (χ1n) is 7.15. The monoisotopic (exact) mass is 260 g/mol. The van der Waals surface area contributed by atoms with Crippen molar-refractivity contribution < 1.29 is 0 Å². The summed E-state index contributed by atoms with van der Waals surface area (Å²) in [4.78, 5) is 6.51. The lowest BCUT2D eigenvalue weighted by atomic mass is 9.74. The summed E-state index contributed by atoms with van der Waals surface area (Å²) < 4.78 is 0. The number of piperidine rings is 1. The van der Waals surface area contributed by atoms with E-state index in [0.717, 1.165) is 24.3 Å². The number of nitrogen functional groups attached to an aromatic ring is 1. The van der Waals surface area contributed by atoms with E-state index in [9.17, 15) is 0 Å². The van der Waals surface area contributed by atoms with Crippen molar-refractivity contribution in [3.8, 4) is 0 Å². The second kappa shape index (κ2) is 5.59. The third-order valence-corrected chi connectivity index (χ3v) is 4.76. The number of rotatable bonds is 4. The van der Waals surface area contributed by atoms with Crippen molar-refractivity contribution >= 4 is 11.5 Å². The van der Waals surface area contributed by atoms with E-state index in [1.165, 1.54) is 25.7 Å². The Morgan fingerprint density at radius 1 is 1.37 bits per heavy atom. The van der Waals surface area contributed by atoms with Gasteiger partial charge in [-0.3, -0.25) is 10.4 Å². The van der Waals surface area contributed by atoms with E-state index in [1.807, 2.05) is 12.3 Å². The van der Waals surface area contributed by atoms with E-state index in [1.54, 1.807) is 6.20 Å². The van der Waals surface area contributed by atoms with Crippen LogP contribution in [0.3, 0.4) is 0 Å². The Morgan fingerprint density at radius 2 is 2.00 bits per heavy atom. The van der Waals surface area contributed by atoms with Crippen LogP contribution in [0, 0.1) is 10.8 Å². The molecular formula is C15H24N4. The van der Waals surface area contributed by atoms with Crippen LogP contribution in [0.25, 0.3) is 0 Å². The highest BCUT2D eigenvalue weighted by atomic mass is 15.1. The lowest BCUT2D eigenvalue weighted by molar-refractivity contribution is 0.199. The zero-order valence-electron chi connectivity index (χ0n) is 11.9. The van der Waals surface area contributed by atoms with Crippen molar-refractivity contribution in [3.05, 3.63) is 24.0 Å². The summed E-state index contributed by atoms with van der Waals surface area (Å²) in [5.41, 5.74) is 7.98. The highest BCUT2D eigenvalue weighted by Crippen LogP contribution is 2.39. The SMILES string of the molecule is CCC1(CC)CCN(c2cnccc2C(=N)N)CC1. The summed E-state index contributed by atoms with van der Waals surface area (Å²) in [6.07, 6.45) is 8.47. The number of pyridine rings is 1. The first-order chi connectivity index (χ1) is 9.12. The molecule has 19 heavy (non-hydrogen) atoms. The molecule has 104 valence electrons. The van der Waals surface area contributed by atoms with Crippen LogP contribution < -0.4 is 10.6 Å². The van der Waals surface area contributed by atoms with Gasteiger partial charge in [-0.15, -0.1) is 0 Å². The fraction of sp³-hybridized carbons (Fsp3) is 0.600. The van der Waals surface area contributed by atoms with Gasteiger partial charge in [-0.25, -0.2) is 0 Å². The van der Waals surface area contributed by atoms with Gasteiger partial charge < -0.3 is 10.6 Å². The van der Waals surface area contributed by atoms with Crippen LogP contribution >= 0.6 is 0 Å². The van der Waals surface area contributed by atoms with Crippen LogP contribution in [0.5, 0.6) is 0 Å². The minimum atomic E-state index is 0.125. The summed E-state index contributed by atoms with van der Waals surface area (Å²) in [7, 11) is 0. The van der Waals surface area contributed by atoms with Gasteiger partial charge in [0.1, 0.15) is 5.84 Å². The average Bonchev–Trinajstić information content (AvgIpc) is 2.47. The van der Waals surface area contributed by atoms with E-state index >= 15 is 0 Å². The fourth-order valence-electron chi connectivity index (χ4n) is 3.04. The Hall–Kier alpha value is -1.58. The summed E-state index contributed by atoms with van der Waals surface area (Å²) in [6, 6.07) is 1.83. The van der Waals surface area contributed by atoms with E-state index < -0.39 is 0 Å². The normalized spacial score (nSPS) is 18.3. The molecule has 4 heteroatoms. The van der Waals surface area contributed by atoms with Crippen LogP contribution in [-0.2, 0) is 0 Å². The number of nitrogens with two attached hydrogens (primary N) is 1. The minimum absolute atomic E-state index is 0.125. The maximum Gasteiger partial charge on any atom is 0.125 e. The highest BCUT2D eigenvalue weighted by molar-refractivity contribution is 6.00. The number of anilines is 1. The highest BCUT2D eigenvalue weighted by Gasteiger charge is 2.31. The average molecular weight is 260 g/mol. The van der Waals surface area contributed by atoms with Gasteiger partial charge >= 0.3 is 0 Å². The van der Waals surface area contributed by atoms with Gasteiger partial charge in [0.2, 0.25) is 0 Å². The molecule has 0 atom stereocenters. The van der Waals surface area contributed by atoms with Crippen molar-refractivity contribution in [2.75, 3.05) is 18.0 Å². The molecule has 1 aliphatic heterocycles. The number of nitrogens with one attached hydrogen (secondary N) is 1. The van der Waals surface area contributed by atoms with Crippen LogP contribution in [0.2, 0.25) is 0 Å². The summed E-state index contributed by atoms with van der Waals surface area (Å²) in [5.74, 6) is 0.125. The molecule has 0 radical (unpaired) electrons. The van der Waals surface area contributed by atoms with Gasteiger partial charge in [0.25, 0.3) is 0 Å². The van der Waals surface area contributed by atoms with E-state index in [2.05, 4.69) is 23.7 Å². The van der Waals surface area contributed by atoms with Gasteiger partial charge in [-0.2, -0.15) is 0 Å². The van der Waals surface area contributed by atoms with Crippen molar-refractivity contribution in [1.29, 1.82) is 5.41 Å². The van der Waals surface area contributed by atoms with Gasteiger partial charge in [0, 0.05) is 24.8 Å². The van der Waals surface area contributed by atoms with Gasteiger partial charge in [0.05, 0.1) is 11.9 Å². The minimum Gasteiger partial charge on any atom is -0.384 e. The van der Waals surface area contributed by atoms with E-state index in [4.69, 9.17) is 11.1 Å². The second-order valence-corrected chi connectivity index (χ2v) is 5.50. The maximum atomic E-state index is 7.67. The Bertz CT molecular complexity index is 441. The summed E-state index contributed by atoms with van der Waals surface area (Å²) >= 11 is 0. The van der Waals surface area contributed by atoms with Crippen LogP contribution in [0.15, 0.2) is 18.5 Å². The van der Waals surface area contributed by atoms with Crippen LogP contribution in [0.4, 0.5) is 5.69 Å². The van der Waals surface area contributed by atoms with Crippen LogP contribution in [-0.4, -0.2) is 23.9 Å². The molecule has 0 amide bonds. The summed E-state index contributed by atoms with van der Waals surface area (Å²) in [6.45, 7) is 6.66. The molecule has 1 saturated heterocycles. The number of amidine groups is 1. The number of nitrogens with zero attached hydrogens (tertiary/aromatic N) is 2. The van der Waals surface area contributed by atoms with E-state index in [0.29, 0.717) is 5.41 Å². The molecule has 1 aromatic rings. The van der Waals surface area contributed by atoms with Gasteiger partial charge in [0.15, 0.2) is 0 Å². The Kier molecular flexibility index (Phi) is 4.08. The second-order valence-electron chi connectivity index (χ2n) is 5.50. The lowest BCUT2D eigenvalue weighted by Crippen LogP contribution is -2.40. The van der Waals surface area contributed by atoms with E-state index in [-0.39, 0.29) is 5.84 Å². The van der Waals surface area contributed by atoms with Gasteiger partial charge in [-0.05, 0) is 24.3 Å². The molecule has 2 heterocycles. The van der Waals surface area contributed by atoms with Gasteiger partial charge in [-0.1, -0.05) is 26.7 Å².